The fraction of sp³-hybridized carbons (Fsp3) is 0.771. The highest BCUT2D eigenvalue weighted by atomic mass is 16.5. The van der Waals surface area contributed by atoms with Gasteiger partial charge < -0.3 is 10.1 Å². The van der Waals surface area contributed by atoms with E-state index < -0.39 is 5.41 Å². The van der Waals surface area contributed by atoms with Gasteiger partial charge >= 0.3 is 0 Å². The standard InChI is InChI=1S/C35H48N2O4/c1-21-24-7-9-33(5)27(32(24,4)16-22(18-36)30(21)40)15-26(38)29-25-17-31(2,3)11-13-35(25,14-12-34(29,33)6)10-8-28(39)37-23-19-41-20-23/h15-16,21,23-25,29H,7-14,17,19-20H2,1-6H3,(H,37,39)/t21-,24-,25+,29?,32-,33+,34+,35+/m0/s1. The Morgan fingerprint density at radius 3 is 2.41 bits per heavy atom. The van der Waals surface area contributed by atoms with Gasteiger partial charge in [-0.25, -0.2) is 0 Å². The third-order valence-corrected chi connectivity index (χ3v) is 13.5. The molecule has 3 saturated carbocycles. The second-order valence-corrected chi connectivity index (χ2v) is 16.1. The summed E-state index contributed by atoms with van der Waals surface area (Å²) in [7, 11) is 0. The number of fused-ring (bicyclic) bond motifs is 7. The number of nitrogens with zero attached hydrogens (tertiary/aromatic N) is 1. The van der Waals surface area contributed by atoms with Gasteiger partial charge in [-0.1, -0.05) is 53.2 Å². The molecular weight excluding hydrogens is 512 g/mol. The number of amides is 1. The van der Waals surface area contributed by atoms with Crippen LogP contribution in [0.15, 0.2) is 23.3 Å². The SMILES string of the molecule is C[C@@H]1C(=O)C(C#N)=C[C@]2(C)C3=CC(=O)C4[C@H]5CC(C)(C)CC[C@]5(CCC(=O)NC5COC5)CC[C@@]4(C)[C@]3(C)CC[C@@H]12. The van der Waals surface area contributed by atoms with E-state index in [0.717, 1.165) is 56.9 Å². The van der Waals surface area contributed by atoms with Crippen LogP contribution in [0.2, 0.25) is 0 Å². The molecule has 4 fully saturated rings. The van der Waals surface area contributed by atoms with Gasteiger partial charge in [0.2, 0.25) is 5.91 Å². The Morgan fingerprint density at radius 1 is 1.05 bits per heavy atom. The van der Waals surface area contributed by atoms with Crippen molar-refractivity contribution in [1.82, 2.24) is 5.32 Å². The molecule has 1 unspecified atom stereocenters. The number of carbonyl (C=O) groups is 3. The molecule has 6 heteroatoms. The van der Waals surface area contributed by atoms with E-state index in [4.69, 9.17) is 4.74 Å². The highest BCUT2D eigenvalue weighted by molar-refractivity contribution is 6.02. The molecule has 0 radical (unpaired) electrons. The summed E-state index contributed by atoms with van der Waals surface area (Å²) >= 11 is 0. The number of ether oxygens (including phenoxy) is 1. The van der Waals surface area contributed by atoms with E-state index in [2.05, 4.69) is 46.0 Å². The summed E-state index contributed by atoms with van der Waals surface area (Å²) in [4.78, 5) is 40.5. The Balaban J connectivity index is 1.39. The van der Waals surface area contributed by atoms with Crippen molar-refractivity contribution in [2.45, 2.75) is 105 Å². The van der Waals surface area contributed by atoms with Crippen molar-refractivity contribution in [3.8, 4) is 6.07 Å². The Morgan fingerprint density at radius 2 is 1.76 bits per heavy atom. The molecular formula is C35H48N2O4. The predicted molar refractivity (Wildman–Crippen MR) is 156 cm³/mol. The number of carbonyl (C=O) groups excluding carboxylic acids is 3. The van der Waals surface area contributed by atoms with Gasteiger partial charge in [0.15, 0.2) is 11.6 Å². The van der Waals surface area contributed by atoms with Gasteiger partial charge in [-0.05, 0) is 90.9 Å². The molecule has 8 atom stereocenters. The highest BCUT2D eigenvalue weighted by Crippen LogP contribution is 2.74. The Bertz CT molecular complexity index is 1290. The van der Waals surface area contributed by atoms with E-state index in [-0.39, 0.29) is 74.4 Å². The van der Waals surface area contributed by atoms with Crippen LogP contribution in [-0.2, 0) is 19.1 Å². The fourth-order valence-electron chi connectivity index (χ4n) is 10.8. The van der Waals surface area contributed by atoms with Gasteiger partial charge in [-0.2, -0.15) is 5.26 Å². The fourth-order valence-corrected chi connectivity index (χ4v) is 10.8. The number of nitriles is 1. The molecule has 0 bridgehead atoms. The maximum Gasteiger partial charge on any atom is 0.220 e. The zero-order valence-electron chi connectivity index (χ0n) is 25.9. The molecule has 5 aliphatic carbocycles. The van der Waals surface area contributed by atoms with Crippen LogP contribution in [0, 0.1) is 62.1 Å². The zero-order chi connectivity index (χ0) is 29.6. The lowest BCUT2D eigenvalue weighted by atomic mass is 9.34. The van der Waals surface area contributed by atoms with Crippen LogP contribution in [-0.4, -0.2) is 36.7 Å². The van der Waals surface area contributed by atoms with Crippen LogP contribution >= 0.6 is 0 Å². The summed E-state index contributed by atoms with van der Waals surface area (Å²) in [5.74, 6) is 0.356. The van der Waals surface area contributed by atoms with E-state index in [1.54, 1.807) is 0 Å². The Hall–Kier alpha value is -2.26. The first-order valence-electron chi connectivity index (χ1n) is 16.0. The van der Waals surface area contributed by atoms with Gasteiger partial charge in [0.25, 0.3) is 0 Å². The summed E-state index contributed by atoms with van der Waals surface area (Å²) in [6.45, 7) is 14.8. The number of rotatable bonds is 4. The number of allylic oxidation sites excluding steroid dienone is 4. The summed E-state index contributed by atoms with van der Waals surface area (Å²) in [6, 6.07) is 2.32. The maximum absolute atomic E-state index is 14.6. The topological polar surface area (TPSA) is 96.3 Å². The molecule has 1 amide bonds. The second-order valence-electron chi connectivity index (χ2n) is 16.1. The third kappa shape index (κ3) is 4.08. The number of hydrogen-bond donors (Lipinski definition) is 1. The minimum atomic E-state index is -0.473. The molecule has 41 heavy (non-hydrogen) atoms. The van der Waals surface area contributed by atoms with Crippen LogP contribution in [0.1, 0.15) is 99.3 Å². The van der Waals surface area contributed by atoms with E-state index in [1.165, 1.54) is 0 Å². The number of ketones is 2. The first-order chi connectivity index (χ1) is 19.2. The first kappa shape index (κ1) is 28.8. The van der Waals surface area contributed by atoms with Gasteiger partial charge in [-0.15, -0.1) is 0 Å². The average Bonchev–Trinajstić information content (AvgIpc) is 2.89. The molecule has 1 heterocycles. The van der Waals surface area contributed by atoms with Crippen molar-refractivity contribution in [1.29, 1.82) is 5.26 Å². The predicted octanol–water partition coefficient (Wildman–Crippen LogP) is 6.11. The molecule has 1 saturated heterocycles. The molecule has 6 rings (SSSR count). The Labute approximate surface area is 245 Å². The van der Waals surface area contributed by atoms with E-state index >= 15 is 0 Å². The van der Waals surface area contributed by atoms with Gasteiger partial charge in [0, 0.05) is 23.7 Å². The first-order valence-corrected chi connectivity index (χ1v) is 16.0. The van der Waals surface area contributed by atoms with Crippen LogP contribution < -0.4 is 5.32 Å². The van der Waals surface area contributed by atoms with E-state index in [1.807, 2.05) is 19.1 Å². The molecule has 6 aliphatic rings. The highest BCUT2D eigenvalue weighted by Gasteiger charge is 2.68. The molecule has 1 aliphatic heterocycles. The van der Waals surface area contributed by atoms with Crippen molar-refractivity contribution in [3.05, 3.63) is 23.3 Å². The minimum Gasteiger partial charge on any atom is -0.377 e. The van der Waals surface area contributed by atoms with Crippen molar-refractivity contribution in [2.75, 3.05) is 13.2 Å². The lowest BCUT2D eigenvalue weighted by Gasteiger charge is -2.69. The van der Waals surface area contributed by atoms with Crippen LogP contribution in [0.25, 0.3) is 0 Å². The summed E-state index contributed by atoms with van der Waals surface area (Å²) in [6.07, 6.45) is 12.4. The minimum absolute atomic E-state index is 0.00523. The van der Waals surface area contributed by atoms with Crippen LogP contribution in [0.5, 0.6) is 0 Å². The van der Waals surface area contributed by atoms with E-state index in [9.17, 15) is 19.6 Å². The molecule has 0 aromatic rings. The summed E-state index contributed by atoms with van der Waals surface area (Å²) in [5, 5.41) is 13.0. The van der Waals surface area contributed by atoms with Crippen LogP contribution in [0.4, 0.5) is 0 Å². The van der Waals surface area contributed by atoms with Crippen molar-refractivity contribution >= 4 is 17.5 Å². The molecule has 0 aromatic carbocycles. The van der Waals surface area contributed by atoms with Crippen molar-refractivity contribution in [2.24, 2.45) is 50.7 Å². The monoisotopic (exact) mass is 560 g/mol. The van der Waals surface area contributed by atoms with Gasteiger partial charge in [0.05, 0.1) is 24.8 Å². The third-order valence-electron chi connectivity index (χ3n) is 13.5. The number of Topliss-reactive ketones (excluding diaryl/α,β-unsaturated/α-hetero) is 1. The summed E-state index contributed by atoms with van der Waals surface area (Å²) in [5.41, 5.74) is 0.705. The quantitative estimate of drug-likeness (QED) is 0.447. The summed E-state index contributed by atoms with van der Waals surface area (Å²) < 4.78 is 5.24. The van der Waals surface area contributed by atoms with Gasteiger partial charge in [0.1, 0.15) is 6.07 Å². The molecule has 222 valence electrons. The lowest BCUT2D eigenvalue weighted by Crippen LogP contribution is -2.64. The average molecular weight is 561 g/mol. The smallest absolute Gasteiger partial charge is 0.220 e. The lowest BCUT2D eigenvalue weighted by molar-refractivity contribution is -0.171. The molecule has 1 N–H and O–H groups in total. The number of hydrogen-bond acceptors (Lipinski definition) is 5. The molecule has 0 spiro atoms. The van der Waals surface area contributed by atoms with Gasteiger partial charge in [-0.3, -0.25) is 14.4 Å². The zero-order valence-corrected chi connectivity index (χ0v) is 25.9. The molecule has 6 nitrogen and oxygen atoms in total. The largest absolute Gasteiger partial charge is 0.377 e. The van der Waals surface area contributed by atoms with E-state index in [0.29, 0.717) is 19.6 Å². The van der Waals surface area contributed by atoms with Crippen molar-refractivity contribution in [3.63, 3.8) is 0 Å². The molecule has 0 aromatic heterocycles. The maximum atomic E-state index is 14.6. The number of nitrogens with one attached hydrogen (secondary N) is 1. The normalized spacial score (nSPS) is 45.0. The van der Waals surface area contributed by atoms with Crippen LogP contribution in [0.3, 0.4) is 0 Å². The van der Waals surface area contributed by atoms with Crippen molar-refractivity contribution < 1.29 is 19.1 Å². The second kappa shape index (κ2) is 9.37. The Kier molecular flexibility index (Phi) is 6.59.